The maximum atomic E-state index is 14.4. The number of hydrogen-bond acceptors (Lipinski definition) is 4. The van der Waals surface area contributed by atoms with Crippen LogP contribution in [0.3, 0.4) is 0 Å². The topological polar surface area (TPSA) is 55.6 Å². The molecule has 0 spiro atoms. The van der Waals surface area contributed by atoms with E-state index in [0.29, 0.717) is 12.1 Å². The molecule has 2 heterocycles. The minimum atomic E-state index is -5.02. The van der Waals surface area contributed by atoms with Crippen LogP contribution in [0, 0.1) is 0 Å². The molecule has 0 aliphatic heterocycles. The Hall–Kier alpha value is -2.34. The van der Waals surface area contributed by atoms with Crippen molar-refractivity contribution in [2.45, 2.75) is 38.8 Å². The highest BCUT2D eigenvalue weighted by Gasteiger charge is 2.40. The highest BCUT2D eigenvalue weighted by molar-refractivity contribution is 6.38. The van der Waals surface area contributed by atoms with Gasteiger partial charge in [0.2, 0.25) is 0 Å². The molecule has 0 atom stereocenters. The molecule has 0 fully saturated rings. The van der Waals surface area contributed by atoms with E-state index in [1.54, 1.807) is 6.92 Å². The summed E-state index contributed by atoms with van der Waals surface area (Å²) in [5.41, 5.74) is -5.82. The van der Waals surface area contributed by atoms with E-state index in [9.17, 15) is 30.7 Å². The molecule has 0 saturated heterocycles. The number of anilines is 1. The van der Waals surface area contributed by atoms with Gasteiger partial charge in [0.1, 0.15) is 11.5 Å². The van der Waals surface area contributed by atoms with Crippen molar-refractivity contribution >= 4 is 40.1 Å². The Morgan fingerprint density at radius 3 is 1.94 bits per heavy atom. The fraction of sp³-hybridized carbons (Fsp3) is 0.389. The zero-order valence-corrected chi connectivity index (χ0v) is 18.1. The molecule has 0 unspecified atom stereocenters. The Bertz CT molecular complexity index is 1160. The zero-order chi connectivity index (χ0) is 24.2. The standard InChI is InChI=1S/C18H14Cl2F7N5/c1-4-28-14-10-12(18(25,26)27)29-15(16(2,3)21)30-13(10)31-32(14)11-8(19)5-7(6-9(11)20)17(22,23)24/h5-6,28H,4H2,1-3H3. The lowest BCUT2D eigenvalue weighted by atomic mass is 10.1. The summed E-state index contributed by atoms with van der Waals surface area (Å²) in [6.45, 7) is 3.59. The van der Waals surface area contributed by atoms with Crippen molar-refractivity contribution in [2.75, 3.05) is 11.9 Å². The van der Waals surface area contributed by atoms with Crippen LogP contribution in [0.25, 0.3) is 16.7 Å². The third-order valence-corrected chi connectivity index (χ3v) is 4.81. The molecule has 0 saturated carbocycles. The lowest BCUT2D eigenvalue weighted by molar-refractivity contribution is -0.140. The average molecular weight is 504 g/mol. The summed E-state index contributed by atoms with van der Waals surface area (Å²) >= 11 is 12.0. The molecule has 1 aromatic carbocycles. The van der Waals surface area contributed by atoms with Crippen LogP contribution >= 0.6 is 23.2 Å². The van der Waals surface area contributed by atoms with Crippen molar-refractivity contribution in [1.29, 1.82) is 0 Å². The number of aromatic nitrogens is 4. The van der Waals surface area contributed by atoms with Crippen molar-refractivity contribution in [3.05, 3.63) is 39.3 Å². The van der Waals surface area contributed by atoms with Gasteiger partial charge in [0.25, 0.3) is 0 Å². The fourth-order valence-electron chi connectivity index (χ4n) is 2.88. The first-order valence-electron chi connectivity index (χ1n) is 8.93. The van der Waals surface area contributed by atoms with Gasteiger partial charge in [-0.2, -0.15) is 26.3 Å². The van der Waals surface area contributed by atoms with Gasteiger partial charge in [-0.3, -0.25) is 0 Å². The van der Waals surface area contributed by atoms with Crippen LogP contribution in [0.2, 0.25) is 10.0 Å². The van der Waals surface area contributed by atoms with E-state index < -0.39 is 56.2 Å². The van der Waals surface area contributed by atoms with Crippen molar-refractivity contribution in [3.63, 3.8) is 0 Å². The van der Waals surface area contributed by atoms with Gasteiger partial charge in [-0.15, -0.1) is 5.10 Å². The van der Waals surface area contributed by atoms with Gasteiger partial charge in [-0.05, 0) is 32.9 Å². The summed E-state index contributed by atoms with van der Waals surface area (Å²) in [7, 11) is 0. The molecule has 0 aliphatic carbocycles. The van der Waals surface area contributed by atoms with Crippen molar-refractivity contribution in [1.82, 2.24) is 19.7 Å². The summed E-state index contributed by atoms with van der Waals surface area (Å²) in [6.07, 6.45) is -9.78. The second kappa shape index (κ2) is 7.91. The number of halogens is 9. The second-order valence-corrected chi connectivity index (χ2v) is 7.96. The van der Waals surface area contributed by atoms with Gasteiger partial charge in [0.05, 0.1) is 21.0 Å². The number of alkyl halides is 7. The maximum Gasteiger partial charge on any atom is 0.434 e. The quantitative estimate of drug-likeness (QED) is 0.398. The summed E-state index contributed by atoms with van der Waals surface area (Å²) in [5.74, 6) is -1.09. The Labute approximate surface area is 186 Å². The summed E-state index contributed by atoms with van der Waals surface area (Å²) in [6, 6.07) is 1.13. The molecular formula is C18H14Cl2F7N5. The van der Waals surface area contributed by atoms with E-state index in [0.717, 1.165) is 18.5 Å². The maximum absolute atomic E-state index is 14.4. The smallest absolute Gasteiger partial charge is 0.370 e. The van der Waals surface area contributed by atoms with E-state index in [1.807, 2.05) is 0 Å². The lowest BCUT2D eigenvalue weighted by Crippen LogP contribution is -2.19. The van der Waals surface area contributed by atoms with Crippen molar-refractivity contribution < 1.29 is 30.7 Å². The van der Waals surface area contributed by atoms with Crippen molar-refractivity contribution in [3.8, 4) is 5.69 Å². The molecule has 0 amide bonds. The lowest BCUT2D eigenvalue weighted by Gasteiger charge is -2.16. The first-order chi connectivity index (χ1) is 14.6. The molecule has 5 nitrogen and oxygen atoms in total. The molecule has 0 radical (unpaired) electrons. The largest absolute Gasteiger partial charge is 0.434 e. The number of nitrogens with one attached hydrogen (secondary N) is 1. The molecule has 2 aromatic heterocycles. The molecule has 0 bridgehead atoms. The molecular weight excluding hydrogens is 490 g/mol. The molecule has 0 aliphatic rings. The SMILES string of the molecule is CCNc1c2c(C(F)(F)F)nc(C(C)(C)F)nc2nn1-c1c(Cl)cc(C(F)(F)F)cc1Cl. The third kappa shape index (κ3) is 4.42. The Morgan fingerprint density at radius 2 is 1.50 bits per heavy atom. The molecule has 174 valence electrons. The number of benzene rings is 1. The van der Waals surface area contributed by atoms with E-state index >= 15 is 0 Å². The van der Waals surface area contributed by atoms with Crippen LogP contribution in [-0.2, 0) is 18.0 Å². The minimum absolute atomic E-state index is 0.0876. The van der Waals surface area contributed by atoms with Gasteiger partial charge in [0.15, 0.2) is 22.8 Å². The van der Waals surface area contributed by atoms with E-state index in [-0.39, 0.29) is 18.1 Å². The van der Waals surface area contributed by atoms with Gasteiger partial charge in [0, 0.05) is 6.54 Å². The fourth-order valence-corrected chi connectivity index (χ4v) is 3.53. The second-order valence-electron chi connectivity index (χ2n) is 7.14. The highest BCUT2D eigenvalue weighted by atomic mass is 35.5. The number of nitrogens with zero attached hydrogens (tertiary/aromatic N) is 4. The van der Waals surface area contributed by atoms with Gasteiger partial charge >= 0.3 is 12.4 Å². The molecule has 3 aromatic rings. The summed E-state index contributed by atoms with van der Waals surface area (Å²) < 4.78 is 95.8. The van der Waals surface area contributed by atoms with Crippen LogP contribution < -0.4 is 5.32 Å². The average Bonchev–Trinajstić information content (AvgIpc) is 2.96. The first kappa shape index (κ1) is 24.3. The molecule has 14 heteroatoms. The molecule has 3 rings (SSSR count). The van der Waals surface area contributed by atoms with Crippen LogP contribution in [-0.4, -0.2) is 26.3 Å². The predicted molar refractivity (Wildman–Crippen MR) is 105 cm³/mol. The molecule has 1 N–H and O–H groups in total. The van der Waals surface area contributed by atoms with Gasteiger partial charge in [-0.1, -0.05) is 23.2 Å². The molecule has 32 heavy (non-hydrogen) atoms. The summed E-state index contributed by atoms with van der Waals surface area (Å²) in [4.78, 5) is 7.17. The Balaban J connectivity index is 2.43. The van der Waals surface area contributed by atoms with Gasteiger partial charge in [-0.25, -0.2) is 19.0 Å². The van der Waals surface area contributed by atoms with E-state index in [4.69, 9.17) is 23.2 Å². The van der Waals surface area contributed by atoms with Gasteiger partial charge < -0.3 is 5.32 Å². The van der Waals surface area contributed by atoms with Crippen LogP contribution in [0.15, 0.2) is 12.1 Å². The zero-order valence-electron chi connectivity index (χ0n) is 16.6. The van der Waals surface area contributed by atoms with Crippen LogP contribution in [0.4, 0.5) is 36.6 Å². The third-order valence-electron chi connectivity index (χ3n) is 4.23. The van der Waals surface area contributed by atoms with E-state index in [1.165, 1.54) is 0 Å². The number of hydrogen-bond donors (Lipinski definition) is 1. The predicted octanol–water partition coefficient (Wildman–Crippen LogP) is 6.80. The highest BCUT2D eigenvalue weighted by Crippen LogP contribution is 2.42. The number of rotatable bonds is 4. The van der Waals surface area contributed by atoms with E-state index in [2.05, 4.69) is 20.4 Å². The monoisotopic (exact) mass is 503 g/mol. The first-order valence-corrected chi connectivity index (χ1v) is 9.69. The van der Waals surface area contributed by atoms with Crippen LogP contribution in [0.1, 0.15) is 37.9 Å². The Kier molecular flexibility index (Phi) is 6.01. The normalized spacial score (nSPS) is 13.1. The minimum Gasteiger partial charge on any atom is -0.370 e. The summed E-state index contributed by atoms with van der Waals surface area (Å²) in [5, 5.41) is 4.95. The van der Waals surface area contributed by atoms with Crippen molar-refractivity contribution in [2.24, 2.45) is 0 Å². The number of fused-ring (bicyclic) bond motifs is 1. The Morgan fingerprint density at radius 1 is 0.938 bits per heavy atom. The van der Waals surface area contributed by atoms with Crippen LogP contribution in [0.5, 0.6) is 0 Å².